The lowest BCUT2D eigenvalue weighted by Gasteiger charge is -2.25. The molecule has 1 fully saturated rings. The van der Waals surface area contributed by atoms with Crippen molar-refractivity contribution >= 4 is 27.7 Å². The summed E-state index contributed by atoms with van der Waals surface area (Å²) < 4.78 is 30.8. The van der Waals surface area contributed by atoms with E-state index in [2.05, 4.69) is 5.32 Å². The first-order chi connectivity index (χ1) is 10.5. The number of nitrogens with one attached hydrogen (secondary N) is 1. The monoisotopic (exact) mass is 344 g/mol. The molecule has 122 valence electrons. The summed E-state index contributed by atoms with van der Waals surface area (Å²) >= 11 is 1.76. The molecule has 1 aromatic carbocycles. The van der Waals surface area contributed by atoms with E-state index >= 15 is 0 Å². The van der Waals surface area contributed by atoms with Crippen LogP contribution in [-0.2, 0) is 10.0 Å². The first-order valence-electron chi connectivity index (χ1n) is 7.01. The van der Waals surface area contributed by atoms with Crippen molar-refractivity contribution in [1.29, 1.82) is 0 Å². The predicted octanol–water partition coefficient (Wildman–Crippen LogP) is 0.804. The summed E-state index contributed by atoms with van der Waals surface area (Å²) in [6.45, 7) is 1.22. The van der Waals surface area contributed by atoms with Crippen LogP contribution in [0.5, 0.6) is 5.75 Å². The van der Waals surface area contributed by atoms with Crippen LogP contribution in [0.1, 0.15) is 10.4 Å². The summed E-state index contributed by atoms with van der Waals surface area (Å²) in [6.07, 6.45) is 0. The number of ether oxygens (including phenoxy) is 1. The Morgan fingerprint density at radius 2 is 1.91 bits per heavy atom. The molecule has 1 N–H and O–H groups in total. The first-order valence-corrected chi connectivity index (χ1v) is 9.77. The summed E-state index contributed by atoms with van der Waals surface area (Å²) in [6, 6.07) is 6.67. The van der Waals surface area contributed by atoms with Gasteiger partial charge in [-0.1, -0.05) is 0 Å². The Labute approximate surface area is 135 Å². The van der Waals surface area contributed by atoms with Gasteiger partial charge in [0.1, 0.15) is 5.75 Å². The van der Waals surface area contributed by atoms with Gasteiger partial charge in [-0.15, -0.1) is 0 Å². The molecule has 0 atom stereocenters. The molecule has 1 aliphatic rings. The molecule has 0 aliphatic carbocycles. The van der Waals surface area contributed by atoms with E-state index in [-0.39, 0.29) is 18.2 Å². The third-order valence-electron chi connectivity index (χ3n) is 3.36. The maximum Gasteiger partial charge on any atom is 0.251 e. The van der Waals surface area contributed by atoms with Crippen molar-refractivity contribution in [3.63, 3.8) is 0 Å². The van der Waals surface area contributed by atoms with Gasteiger partial charge in [-0.05, 0) is 24.3 Å². The highest BCUT2D eigenvalue weighted by Gasteiger charge is 2.23. The van der Waals surface area contributed by atoms with Gasteiger partial charge in [0.15, 0.2) is 0 Å². The standard InChI is InChI=1S/C14H20N2O4S2/c1-20-13-4-2-12(3-5-13)14(17)15-6-11-22(18,19)16-7-9-21-10-8-16/h2-5H,6-11H2,1H3,(H,15,17). The number of rotatable bonds is 6. The highest BCUT2D eigenvalue weighted by atomic mass is 32.2. The van der Waals surface area contributed by atoms with E-state index in [0.717, 1.165) is 11.5 Å². The number of nitrogens with zero attached hydrogens (tertiary/aromatic N) is 1. The van der Waals surface area contributed by atoms with Crippen LogP contribution in [-0.4, -0.2) is 62.6 Å². The fourth-order valence-corrected chi connectivity index (χ4v) is 4.58. The van der Waals surface area contributed by atoms with Crippen molar-refractivity contribution in [2.45, 2.75) is 0 Å². The quantitative estimate of drug-likeness (QED) is 0.826. The lowest BCUT2D eigenvalue weighted by atomic mass is 10.2. The molecule has 1 heterocycles. The Kier molecular flexibility index (Phi) is 6.10. The molecule has 8 heteroatoms. The maximum absolute atomic E-state index is 12.1. The molecule has 1 aliphatic heterocycles. The molecule has 1 saturated heterocycles. The van der Waals surface area contributed by atoms with Crippen molar-refractivity contribution < 1.29 is 17.9 Å². The minimum Gasteiger partial charge on any atom is -0.497 e. The van der Waals surface area contributed by atoms with Crippen molar-refractivity contribution in [2.24, 2.45) is 0 Å². The predicted molar refractivity (Wildman–Crippen MR) is 88.0 cm³/mol. The molecule has 0 aromatic heterocycles. The SMILES string of the molecule is COc1ccc(C(=O)NCCS(=O)(=O)N2CCSCC2)cc1. The second-order valence-electron chi connectivity index (χ2n) is 4.81. The first kappa shape index (κ1) is 17.1. The zero-order valence-electron chi connectivity index (χ0n) is 12.4. The van der Waals surface area contributed by atoms with E-state index in [1.165, 1.54) is 4.31 Å². The Morgan fingerprint density at radius 3 is 2.50 bits per heavy atom. The molecule has 0 radical (unpaired) electrons. The normalized spacial score (nSPS) is 16.2. The van der Waals surface area contributed by atoms with Gasteiger partial charge in [0, 0.05) is 36.7 Å². The van der Waals surface area contributed by atoms with E-state index in [4.69, 9.17) is 4.74 Å². The van der Waals surface area contributed by atoms with Crippen LogP contribution in [0.4, 0.5) is 0 Å². The minimum atomic E-state index is -3.29. The highest BCUT2D eigenvalue weighted by molar-refractivity contribution is 7.99. The molecule has 0 unspecified atom stereocenters. The zero-order valence-corrected chi connectivity index (χ0v) is 14.1. The zero-order chi connectivity index (χ0) is 16.0. The summed E-state index contributed by atoms with van der Waals surface area (Å²) in [4.78, 5) is 11.9. The van der Waals surface area contributed by atoms with Gasteiger partial charge in [0.2, 0.25) is 10.0 Å². The van der Waals surface area contributed by atoms with Crippen LogP contribution in [0.3, 0.4) is 0 Å². The lowest BCUT2D eigenvalue weighted by Crippen LogP contribution is -2.41. The maximum atomic E-state index is 12.1. The van der Waals surface area contributed by atoms with Gasteiger partial charge in [-0.3, -0.25) is 4.79 Å². The lowest BCUT2D eigenvalue weighted by molar-refractivity contribution is 0.0956. The van der Waals surface area contributed by atoms with E-state index < -0.39 is 10.0 Å². The van der Waals surface area contributed by atoms with Crippen molar-refractivity contribution in [1.82, 2.24) is 9.62 Å². The molecule has 0 spiro atoms. The molecule has 0 saturated carbocycles. The van der Waals surface area contributed by atoms with Gasteiger partial charge < -0.3 is 10.1 Å². The Balaban J connectivity index is 1.83. The Bertz CT molecular complexity index is 596. The second-order valence-corrected chi connectivity index (χ2v) is 8.13. The second kappa shape index (κ2) is 7.85. The largest absolute Gasteiger partial charge is 0.497 e. The van der Waals surface area contributed by atoms with Crippen LogP contribution in [0.2, 0.25) is 0 Å². The number of methoxy groups -OCH3 is 1. The molecule has 1 aromatic rings. The van der Waals surface area contributed by atoms with Crippen molar-refractivity contribution in [2.75, 3.05) is 44.0 Å². The fraction of sp³-hybridized carbons (Fsp3) is 0.500. The van der Waals surface area contributed by atoms with E-state index in [9.17, 15) is 13.2 Å². The summed E-state index contributed by atoms with van der Waals surface area (Å²) in [5.41, 5.74) is 0.479. The molecule has 22 heavy (non-hydrogen) atoms. The van der Waals surface area contributed by atoms with Crippen LogP contribution in [0, 0.1) is 0 Å². The van der Waals surface area contributed by atoms with E-state index in [0.29, 0.717) is 24.4 Å². The van der Waals surface area contributed by atoms with Gasteiger partial charge >= 0.3 is 0 Å². The molecular weight excluding hydrogens is 324 g/mol. The van der Waals surface area contributed by atoms with E-state index in [1.54, 1.807) is 43.1 Å². The Morgan fingerprint density at radius 1 is 1.27 bits per heavy atom. The Hall–Kier alpha value is -1.25. The van der Waals surface area contributed by atoms with Gasteiger partial charge in [-0.2, -0.15) is 11.8 Å². The molecule has 1 amide bonds. The van der Waals surface area contributed by atoms with Crippen LogP contribution in [0.25, 0.3) is 0 Å². The van der Waals surface area contributed by atoms with Gasteiger partial charge in [0.25, 0.3) is 5.91 Å². The minimum absolute atomic E-state index is 0.0699. The number of hydrogen-bond acceptors (Lipinski definition) is 5. The highest BCUT2D eigenvalue weighted by Crippen LogP contribution is 2.13. The topological polar surface area (TPSA) is 75.7 Å². The number of benzene rings is 1. The number of carbonyl (C=O) groups is 1. The third-order valence-corrected chi connectivity index (χ3v) is 6.18. The average Bonchev–Trinajstić information content (AvgIpc) is 2.55. The number of amides is 1. The summed E-state index contributed by atoms with van der Waals surface area (Å²) in [5.74, 6) is 1.98. The van der Waals surface area contributed by atoms with E-state index in [1.807, 2.05) is 0 Å². The average molecular weight is 344 g/mol. The molecule has 6 nitrogen and oxygen atoms in total. The van der Waals surface area contributed by atoms with Crippen LogP contribution < -0.4 is 10.1 Å². The molecular formula is C14H20N2O4S2. The van der Waals surface area contributed by atoms with Crippen LogP contribution in [0.15, 0.2) is 24.3 Å². The third kappa shape index (κ3) is 4.62. The fourth-order valence-electron chi connectivity index (χ4n) is 2.09. The van der Waals surface area contributed by atoms with Crippen molar-refractivity contribution in [3.05, 3.63) is 29.8 Å². The smallest absolute Gasteiger partial charge is 0.251 e. The van der Waals surface area contributed by atoms with Gasteiger partial charge in [-0.25, -0.2) is 12.7 Å². The number of sulfonamides is 1. The number of hydrogen-bond donors (Lipinski definition) is 1. The van der Waals surface area contributed by atoms with Crippen molar-refractivity contribution in [3.8, 4) is 5.75 Å². The number of carbonyl (C=O) groups excluding carboxylic acids is 1. The summed E-state index contributed by atoms with van der Waals surface area (Å²) in [7, 11) is -1.73. The molecule has 0 bridgehead atoms. The number of thioether (sulfide) groups is 1. The molecule has 2 rings (SSSR count). The summed E-state index contributed by atoms with van der Waals surface area (Å²) in [5, 5.41) is 2.64. The van der Waals surface area contributed by atoms with Gasteiger partial charge in [0.05, 0.1) is 12.9 Å². The van der Waals surface area contributed by atoms with Crippen LogP contribution >= 0.6 is 11.8 Å².